The Balaban J connectivity index is 1.30. The van der Waals surface area contributed by atoms with Crippen LogP contribution in [0.25, 0.3) is 10.9 Å². The number of fused-ring (bicyclic) bond motifs is 1. The number of piperidine rings is 1. The number of benzene rings is 2. The van der Waals surface area contributed by atoms with Gasteiger partial charge in [-0.15, -0.1) is 0 Å². The van der Waals surface area contributed by atoms with Gasteiger partial charge < -0.3 is 15.0 Å². The fourth-order valence-corrected chi connectivity index (χ4v) is 3.71. The van der Waals surface area contributed by atoms with Crippen LogP contribution >= 0.6 is 0 Å². The molecule has 2 aromatic carbocycles. The summed E-state index contributed by atoms with van der Waals surface area (Å²) in [4.78, 5) is 31.6. The minimum atomic E-state index is -0.231. The van der Waals surface area contributed by atoms with Crippen molar-refractivity contribution >= 4 is 28.5 Å². The smallest absolute Gasteiger partial charge is 0.230 e. The quantitative estimate of drug-likeness (QED) is 0.678. The van der Waals surface area contributed by atoms with Crippen LogP contribution in [0.5, 0.6) is 5.75 Å². The number of nitrogens with one attached hydrogen (secondary N) is 1. The zero-order valence-corrected chi connectivity index (χ0v) is 16.8. The van der Waals surface area contributed by atoms with E-state index in [0.29, 0.717) is 31.9 Å². The number of ether oxygens (including phenoxy) is 1. The third-order valence-corrected chi connectivity index (χ3v) is 5.32. The number of hydrogen-bond acceptors (Lipinski definition) is 4. The summed E-state index contributed by atoms with van der Waals surface area (Å²) >= 11 is 0. The normalized spacial score (nSPS) is 16.3. The van der Waals surface area contributed by atoms with Crippen molar-refractivity contribution in [1.82, 2.24) is 9.88 Å². The molecule has 6 nitrogen and oxygen atoms in total. The number of carbonyl (C=O) groups is 2. The van der Waals surface area contributed by atoms with Crippen molar-refractivity contribution in [2.45, 2.75) is 19.3 Å². The topological polar surface area (TPSA) is 71.5 Å². The molecule has 1 unspecified atom stereocenters. The molecule has 30 heavy (non-hydrogen) atoms. The molecule has 3 aromatic rings. The molecule has 0 saturated carbocycles. The molecule has 2 heterocycles. The first-order chi connectivity index (χ1) is 14.7. The predicted molar refractivity (Wildman–Crippen MR) is 116 cm³/mol. The average molecular weight is 403 g/mol. The highest BCUT2D eigenvalue weighted by molar-refractivity contribution is 5.93. The Morgan fingerprint density at radius 2 is 1.83 bits per heavy atom. The van der Waals surface area contributed by atoms with Crippen molar-refractivity contribution in [3.05, 3.63) is 66.7 Å². The predicted octanol–water partition coefficient (Wildman–Crippen LogP) is 3.88. The van der Waals surface area contributed by atoms with E-state index in [2.05, 4.69) is 10.3 Å². The number of nitrogens with zero attached hydrogens (tertiary/aromatic N) is 2. The molecule has 0 aliphatic carbocycles. The Morgan fingerprint density at radius 3 is 2.70 bits per heavy atom. The van der Waals surface area contributed by atoms with E-state index in [4.69, 9.17) is 4.74 Å². The van der Waals surface area contributed by atoms with Gasteiger partial charge in [0.05, 0.1) is 24.5 Å². The zero-order chi connectivity index (χ0) is 20.8. The van der Waals surface area contributed by atoms with E-state index in [1.54, 1.807) is 4.90 Å². The van der Waals surface area contributed by atoms with Gasteiger partial charge in [0.2, 0.25) is 11.8 Å². The van der Waals surface area contributed by atoms with Crippen molar-refractivity contribution in [2.24, 2.45) is 5.92 Å². The summed E-state index contributed by atoms with van der Waals surface area (Å²) < 4.78 is 5.62. The molecule has 1 atom stereocenters. The molecule has 1 aliphatic heterocycles. The van der Waals surface area contributed by atoms with Gasteiger partial charge in [-0.05, 0) is 43.2 Å². The van der Waals surface area contributed by atoms with Gasteiger partial charge >= 0.3 is 0 Å². The summed E-state index contributed by atoms with van der Waals surface area (Å²) in [6, 6.07) is 21.0. The largest absolute Gasteiger partial charge is 0.493 e. The van der Waals surface area contributed by atoms with Crippen LogP contribution < -0.4 is 10.1 Å². The Morgan fingerprint density at radius 1 is 1.03 bits per heavy atom. The second-order valence-corrected chi connectivity index (χ2v) is 7.47. The number of likely N-dealkylation sites (tertiary alicyclic amines) is 1. The fourth-order valence-electron chi connectivity index (χ4n) is 3.71. The second-order valence-electron chi connectivity index (χ2n) is 7.47. The highest BCUT2D eigenvalue weighted by Crippen LogP contribution is 2.20. The maximum Gasteiger partial charge on any atom is 0.230 e. The van der Waals surface area contributed by atoms with Crippen LogP contribution in [0.15, 0.2) is 66.7 Å². The Hall–Kier alpha value is -3.41. The molecule has 2 amide bonds. The van der Waals surface area contributed by atoms with Crippen molar-refractivity contribution in [2.75, 3.05) is 25.0 Å². The van der Waals surface area contributed by atoms with Gasteiger partial charge in [-0.3, -0.25) is 9.59 Å². The summed E-state index contributed by atoms with van der Waals surface area (Å²) in [7, 11) is 0. The molecule has 1 N–H and O–H groups in total. The highest BCUT2D eigenvalue weighted by Gasteiger charge is 2.28. The lowest BCUT2D eigenvalue weighted by Gasteiger charge is -2.32. The van der Waals surface area contributed by atoms with E-state index in [1.807, 2.05) is 66.7 Å². The van der Waals surface area contributed by atoms with Crippen LogP contribution in [0.1, 0.15) is 19.3 Å². The van der Waals surface area contributed by atoms with Gasteiger partial charge in [0.1, 0.15) is 11.6 Å². The first-order valence-corrected chi connectivity index (χ1v) is 10.3. The van der Waals surface area contributed by atoms with Crippen LogP contribution in [0, 0.1) is 5.92 Å². The van der Waals surface area contributed by atoms with E-state index >= 15 is 0 Å². The summed E-state index contributed by atoms with van der Waals surface area (Å²) in [5.74, 6) is 0.997. The Bertz CT molecular complexity index is 1020. The van der Waals surface area contributed by atoms with E-state index in [9.17, 15) is 9.59 Å². The van der Waals surface area contributed by atoms with Gasteiger partial charge in [-0.1, -0.05) is 36.4 Å². The average Bonchev–Trinajstić information content (AvgIpc) is 2.79. The van der Waals surface area contributed by atoms with E-state index in [-0.39, 0.29) is 17.7 Å². The molecule has 4 rings (SSSR count). The van der Waals surface area contributed by atoms with E-state index in [1.165, 1.54) is 0 Å². The van der Waals surface area contributed by atoms with Crippen molar-refractivity contribution in [1.29, 1.82) is 0 Å². The minimum absolute atomic E-state index is 0.0206. The molecule has 154 valence electrons. The zero-order valence-electron chi connectivity index (χ0n) is 16.8. The van der Waals surface area contributed by atoms with Gasteiger partial charge in [0, 0.05) is 18.5 Å². The van der Waals surface area contributed by atoms with Crippen molar-refractivity contribution in [3.63, 3.8) is 0 Å². The molecule has 1 aromatic heterocycles. The third kappa shape index (κ3) is 4.95. The van der Waals surface area contributed by atoms with Gasteiger partial charge in [0.25, 0.3) is 0 Å². The second kappa shape index (κ2) is 9.39. The van der Waals surface area contributed by atoms with Crippen LogP contribution in [0.2, 0.25) is 0 Å². The monoisotopic (exact) mass is 403 g/mol. The number of pyridine rings is 1. The first kappa shape index (κ1) is 19.9. The Labute approximate surface area is 175 Å². The molecule has 0 spiro atoms. The fraction of sp³-hybridized carbons (Fsp3) is 0.292. The van der Waals surface area contributed by atoms with Crippen LogP contribution in [-0.4, -0.2) is 41.4 Å². The lowest BCUT2D eigenvalue weighted by molar-refractivity contribution is -0.135. The third-order valence-electron chi connectivity index (χ3n) is 5.32. The SMILES string of the molecule is O=C(Nc1ccc2ccccc2n1)C1CCCN(C(=O)CCOc2ccccc2)C1. The lowest BCUT2D eigenvalue weighted by atomic mass is 9.97. The standard InChI is InChI=1S/C24H25N3O3/c28-23(14-16-30-20-9-2-1-3-10-20)27-15-6-8-19(17-27)24(29)26-22-13-12-18-7-4-5-11-21(18)25-22/h1-5,7,9-13,19H,6,8,14-17H2,(H,25,26,29). The summed E-state index contributed by atoms with van der Waals surface area (Å²) in [5.41, 5.74) is 0.842. The van der Waals surface area contributed by atoms with Gasteiger partial charge in [0.15, 0.2) is 0 Å². The Kier molecular flexibility index (Phi) is 6.23. The summed E-state index contributed by atoms with van der Waals surface area (Å²) in [6.07, 6.45) is 1.88. The van der Waals surface area contributed by atoms with E-state index < -0.39 is 0 Å². The maximum absolute atomic E-state index is 12.8. The van der Waals surface area contributed by atoms with Gasteiger partial charge in [-0.25, -0.2) is 4.98 Å². The minimum Gasteiger partial charge on any atom is -0.493 e. The number of para-hydroxylation sites is 2. The molecule has 0 radical (unpaired) electrons. The summed E-state index contributed by atoms with van der Waals surface area (Å²) in [6.45, 7) is 1.45. The van der Waals surface area contributed by atoms with E-state index in [0.717, 1.165) is 29.5 Å². The molecular formula is C24H25N3O3. The number of amides is 2. The van der Waals surface area contributed by atoms with Crippen molar-refractivity contribution in [3.8, 4) is 5.75 Å². The molecule has 1 saturated heterocycles. The number of anilines is 1. The lowest BCUT2D eigenvalue weighted by Crippen LogP contribution is -2.44. The van der Waals surface area contributed by atoms with Gasteiger partial charge in [-0.2, -0.15) is 0 Å². The number of hydrogen-bond donors (Lipinski definition) is 1. The molecule has 1 fully saturated rings. The highest BCUT2D eigenvalue weighted by atomic mass is 16.5. The first-order valence-electron chi connectivity index (χ1n) is 10.3. The molecule has 6 heteroatoms. The molecule has 1 aliphatic rings. The van der Waals surface area contributed by atoms with Crippen LogP contribution in [-0.2, 0) is 9.59 Å². The number of carbonyl (C=O) groups excluding carboxylic acids is 2. The van der Waals surface area contributed by atoms with Crippen LogP contribution in [0.4, 0.5) is 5.82 Å². The molecular weight excluding hydrogens is 378 g/mol. The summed E-state index contributed by atoms with van der Waals surface area (Å²) in [5, 5.41) is 3.95. The van der Waals surface area contributed by atoms with Crippen LogP contribution in [0.3, 0.4) is 0 Å². The van der Waals surface area contributed by atoms with Crippen molar-refractivity contribution < 1.29 is 14.3 Å². The maximum atomic E-state index is 12.8. The number of rotatable bonds is 6. The molecule has 0 bridgehead atoms. The number of aromatic nitrogens is 1.